The number of hydrogen-bond acceptors (Lipinski definition) is 22. The Bertz CT molecular complexity index is 2700. The molecule has 0 aromatic carbocycles. The summed E-state index contributed by atoms with van der Waals surface area (Å²) in [5.41, 5.74) is 5.44. The standard InChI is InChI=1S/C67H114N12O25/c1-67(2,66(99)100)43-47-44-79(78-77-47)34-28-49(65(97)98)74-53(81)23-16-12-8-4-5-9-13-18-29-68-52(80)22-15-11-7-3-6-10-14-19-31-70-62(94)48(73-57(85)46-104-40-38-102-36-33-72-64(96)51(42-61(92)93)76-55(83)25-27-59(88)89)21-17-20-30-69-56(84)45-103-39-37-101-35-32-71-63(95)50(41-60(90)91)75-54(82)24-26-58(86)87/h44,48-51,77-78H,3-43,45-46H2,1-2H3,(H,68,80)(H,69,84)(H,70,94)(H,71,95)(H,72,96)(H,73,85)(H,74,81)(H,75,82)(H,76,83)(H,86,87)(H,88,89)(H,90,91)(H,92,93)(H,97,98)(H,99,100). The summed E-state index contributed by atoms with van der Waals surface area (Å²) in [6, 6.07) is -4.88. The maximum atomic E-state index is 13.4. The monoisotopic (exact) mass is 1490 g/mol. The smallest absolute Gasteiger partial charge is 0.326 e. The molecule has 0 aromatic heterocycles. The number of carboxylic acid groups (broad SMARTS) is 6. The zero-order valence-corrected chi connectivity index (χ0v) is 60.2. The molecule has 1 rings (SSSR count). The normalized spacial score (nSPS) is 12.9. The lowest BCUT2D eigenvalue weighted by molar-refractivity contribution is -0.147. The van der Waals surface area contributed by atoms with E-state index in [1.807, 2.05) is 0 Å². The minimum Gasteiger partial charge on any atom is -0.481 e. The van der Waals surface area contributed by atoms with Crippen molar-refractivity contribution in [2.45, 2.75) is 224 Å². The lowest BCUT2D eigenvalue weighted by Gasteiger charge is -2.19. The van der Waals surface area contributed by atoms with Crippen molar-refractivity contribution in [1.82, 2.24) is 63.8 Å². The number of carbonyl (C=O) groups excluding carboxylic acids is 9. The molecule has 9 amide bonds. The van der Waals surface area contributed by atoms with Crippen LogP contribution in [-0.2, 0) is 90.9 Å². The minimum absolute atomic E-state index is 0.00861. The Hall–Kier alpha value is -8.81. The van der Waals surface area contributed by atoms with Gasteiger partial charge in [-0.2, -0.15) is 0 Å². The van der Waals surface area contributed by atoms with E-state index < -0.39 is 152 Å². The van der Waals surface area contributed by atoms with Crippen molar-refractivity contribution >= 4 is 89.0 Å². The van der Waals surface area contributed by atoms with E-state index in [9.17, 15) is 82.1 Å². The van der Waals surface area contributed by atoms with E-state index >= 15 is 0 Å². The number of hydrazine groups is 2. The topological polar surface area (TPSA) is 550 Å². The second-order valence-electron chi connectivity index (χ2n) is 25.6. The maximum absolute atomic E-state index is 13.4. The summed E-state index contributed by atoms with van der Waals surface area (Å²) in [5, 5.41) is 79.6. The van der Waals surface area contributed by atoms with Crippen molar-refractivity contribution in [3.63, 3.8) is 0 Å². The average Bonchev–Trinajstić information content (AvgIpc) is 1.71. The molecule has 0 aliphatic carbocycles. The molecule has 0 bridgehead atoms. The Morgan fingerprint density at radius 3 is 1.24 bits per heavy atom. The van der Waals surface area contributed by atoms with Gasteiger partial charge in [-0.15, -0.1) is 5.53 Å². The summed E-state index contributed by atoms with van der Waals surface area (Å²) in [6.45, 7) is 3.76. The summed E-state index contributed by atoms with van der Waals surface area (Å²) in [5.74, 6) is -12.2. The van der Waals surface area contributed by atoms with Crippen molar-refractivity contribution in [2.24, 2.45) is 5.41 Å². The minimum atomic E-state index is -1.45. The molecule has 592 valence electrons. The molecular formula is C67H114N12O25. The zero-order valence-electron chi connectivity index (χ0n) is 60.2. The van der Waals surface area contributed by atoms with Gasteiger partial charge in [-0.1, -0.05) is 77.0 Å². The molecule has 17 N–H and O–H groups in total. The van der Waals surface area contributed by atoms with Crippen molar-refractivity contribution in [1.29, 1.82) is 0 Å². The number of nitrogens with one attached hydrogen (secondary N) is 11. The summed E-state index contributed by atoms with van der Waals surface area (Å²) >= 11 is 0. The molecule has 1 aliphatic rings. The van der Waals surface area contributed by atoms with Crippen LogP contribution in [0, 0.1) is 5.41 Å². The highest BCUT2D eigenvalue weighted by molar-refractivity contribution is 5.92. The van der Waals surface area contributed by atoms with E-state index in [2.05, 4.69) is 58.8 Å². The van der Waals surface area contributed by atoms with Crippen LogP contribution < -0.4 is 58.8 Å². The van der Waals surface area contributed by atoms with E-state index in [0.29, 0.717) is 50.9 Å². The first kappa shape index (κ1) is 93.2. The van der Waals surface area contributed by atoms with Crippen LogP contribution in [0.5, 0.6) is 0 Å². The number of rotatable bonds is 67. The molecule has 1 heterocycles. The highest BCUT2D eigenvalue weighted by Crippen LogP contribution is 2.25. The molecule has 4 unspecified atom stereocenters. The molecule has 0 aromatic rings. The van der Waals surface area contributed by atoms with Crippen LogP contribution in [-0.4, -0.2) is 241 Å². The van der Waals surface area contributed by atoms with Crippen LogP contribution >= 0.6 is 0 Å². The van der Waals surface area contributed by atoms with Crippen molar-refractivity contribution in [3.05, 3.63) is 11.9 Å². The zero-order chi connectivity index (χ0) is 77.3. The third kappa shape index (κ3) is 51.4. The van der Waals surface area contributed by atoms with Crippen LogP contribution in [0.3, 0.4) is 0 Å². The van der Waals surface area contributed by atoms with E-state index in [0.717, 1.165) is 89.9 Å². The molecule has 4 atom stereocenters. The Morgan fingerprint density at radius 2 is 0.769 bits per heavy atom. The van der Waals surface area contributed by atoms with Gasteiger partial charge in [0.2, 0.25) is 53.2 Å². The van der Waals surface area contributed by atoms with Crippen molar-refractivity contribution in [3.8, 4) is 0 Å². The van der Waals surface area contributed by atoms with Gasteiger partial charge in [-0.05, 0) is 65.2 Å². The van der Waals surface area contributed by atoms with Gasteiger partial charge < -0.3 is 103 Å². The Balaban J connectivity index is 2.39. The highest BCUT2D eigenvalue weighted by atomic mass is 16.5. The molecule has 0 radical (unpaired) electrons. The van der Waals surface area contributed by atoms with E-state index in [-0.39, 0.29) is 110 Å². The summed E-state index contributed by atoms with van der Waals surface area (Å²) in [4.78, 5) is 180. The molecular weight excluding hydrogens is 1370 g/mol. The molecule has 0 fully saturated rings. The van der Waals surface area contributed by atoms with Gasteiger partial charge in [0.1, 0.15) is 37.4 Å². The van der Waals surface area contributed by atoms with Crippen LogP contribution in [0.4, 0.5) is 0 Å². The Labute approximate surface area is 606 Å². The van der Waals surface area contributed by atoms with Gasteiger partial charge in [0, 0.05) is 83.3 Å². The van der Waals surface area contributed by atoms with E-state index in [1.165, 1.54) is 0 Å². The fraction of sp³-hybridized carbons (Fsp3) is 0.746. The number of amides is 9. The molecule has 0 saturated heterocycles. The second-order valence-corrected chi connectivity index (χ2v) is 25.6. The first-order valence-corrected chi connectivity index (χ1v) is 35.8. The fourth-order valence-corrected chi connectivity index (χ4v) is 10.1. The summed E-state index contributed by atoms with van der Waals surface area (Å²) < 4.78 is 21.5. The van der Waals surface area contributed by atoms with Crippen LogP contribution in [0.25, 0.3) is 0 Å². The Kier molecular flexibility index (Phi) is 51.6. The van der Waals surface area contributed by atoms with Crippen LogP contribution in [0.2, 0.25) is 0 Å². The lowest BCUT2D eigenvalue weighted by atomic mass is 9.88. The largest absolute Gasteiger partial charge is 0.481 e. The van der Waals surface area contributed by atoms with Gasteiger partial charge >= 0.3 is 35.8 Å². The predicted molar refractivity (Wildman–Crippen MR) is 371 cm³/mol. The number of nitrogens with zero attached hydrogens (tertiary/aromatic N) is 1. The van der Waals surface area contributed by atoms with Gasteiger partial charge in [0.05, 0.1) is 70.7 Å². The third-order valence-corrected chi connectivity index (χ3v) is 15.8. The van der Waals surface area contributed by atoms with E-state index in [4.69, 9.17) is 39.4 Å². The molecule has 1 aliphatic heterocycles. The number of aliphatic carboxylic acids is 6. The molecule has 0 spiro atoms. The number of carboxylic acids is 6. The average molecular weight is 1490 g/mol. The third-order valence-electron chi connectivity index (χ3n) is 15.8. The Morgan fingerprint density at radius 1 is 0.385 bits per heavy atom. The molecule has 37 nitrogen and oxygen atoms in total. The molecule has 37 heteroatoms. The number of hydrogen-bond donors (Lipinski definition) is 17. The SMILES string of the molecule is CC(C)(CC1=CN(CCC(NC(=O)CCCCCCCCCCNC(=O)CCCCCCCCCCNC(=O)C(CCCCNC(=O)COCCOCCNC(=O)C(CC(=O)O)NC(=O)CCC(=O)O)NC(=O)COCCOCCNC(=O)C(CC(=O)O)NC(=O)CCC(=O)O)C(=O)O)NN1)C(=O)O. The summed E-state index contributed by atoms with van der Waals surface area (Å²) in [7, 11) is 0. The predicted octanol–water partition coefficient (Wildman–Crippen LogP) is 0.586. The van der Waals surface area contributed by atoms with Gasteiger partial charge in [0.15, 0.2) is 0 Å². The number of allylic oxidation sites excluding steroid dienone is 1. The first-order valence-electron chi connectivity index (χ1n) is 35.8. The summed E-state index contributed by atoms with van der Waals surface area (Å²) in [6.07, 6.45) is 15.2. The highest BCUT2D eigenvalue weighted by Gasteiger charge is 2.31. The van der Waals surface area contributed by atoms with E-state index in [1.54, 1.807) is 25.1 Å². The number of ether oxygens (including phenoxy) is 4. The van der Waals surface area contributed by atoms with Crippen molar-refractivity contribution < 1.29 is 122 Å². The van der Waals surface area contributed by atoms with Gasteiger partial charge in [-0.3, -0.25) is 72.1 Å². The quantitative estimate of drug-likeness (QED) is 0.0370. The van der Waals surface area contributed by atoms with Crippen LogP contribution in [0.15, 0.2) is 11.9 Å². The first-order chi connectivity index (χ1) is 49.6. The van der Waals surface area contributed by atoms with Crippen LogP contribution in [0.1, 0.15) is 200 Å². The second kappa shape index (κ2) is 57.6. The number of carbonyl (C=O) groups is 15. The van der Waals surface area contributed by atoms with Gasteiger partial charge in [0.25, 0.3) is 0 Å². The molecule has 104 heavy (non-hydrogen) atoms. The number of unbranched alkanes of at least 4 members (excludes halogenated alkanes) is 15. The van der Waals surface area contributed by atoms with Gasteiger partial charge in [-0.25, -0.2) is 4.79 Å². The lowest BCUT2D eigenvalue weighted by Crippen LogP contribution is -2.48. The van der Waals surface area contributed by atoms with Crippen molar-refractivity contribution in [2.75, 3.05) is 92.1 Å². The molecule has 0 saturated carbocycles. The fourth-order valence-electron chi connectivity index (χ4n) is 10.1. The maximum Gasteiger partial charge on any atom is 0.326 e.